The molecule has 3 atom stereocenters. The van der Waals surface area contributed by atoms with Gasteiger partial charge in [-0.25, -0.2) is 4.79 Å². The van der Waals surface area contributed by atoms with Crippen LogP contribution in [0.25, 0.3) is 0 Å². The van der Waals surface area contributed by atoms with Crippen molar-refractivity contribution in [3.63, 3.8) is 0 Å². The zero-order valence-electron chi connectivity index (χ0n) is 15.3. The molecule has 1 aliphatic rings. The van der Waals surface area contributed by atoms with E-state index in [2.05, 4.69) is 11.7 Å². The number of ether oxygens (including phenoxy) is 1. The van der Waals surface area contributed by atoms with Crippen molar-refractivity contribution in [2.24, 2.45) is 11.8 Å². The molecule has 0 spiro atoms. The molecular formula is C19H34O5. The summed E-state index contributed by atoms with van der Waals surface area (Å²) in [5, 5.41) is 18.7. The van der Waals surface area contributed by atoms with Gasteiger partial charge in [-0.3, -0.25) is 4.79 Å². The highest BCUT2D eigenvalue weighted by atomic mass is 16.6. The monoisotopic (exact) mass is 342 g/mol. The average molecular weight is 342 g/mol. The lowest BCUT2D eigenvalue weighted by Gasteiger charge is -2.22. The van der Waals surface area contributed by atoms with Crippen LogP contribution in [0, 0.1) is 11.8 Å². The van der Waals surface area contributed by atoms with Gasteiger partial charge in [-0.05, 0) is 31.6 Å². The molecule has 1 unspecified atom stereocenters. The molecule has 140 valence electrons. The Balaban J connectivity index is 2.30. The number of unbranched alkanes of at least 4 members (excludes halogenated alkanes) is 5. The van der Waals surface area contributed by atoms with E-state index in [1.165, 1.54) is 39.2 Å². The van der Waals surface area contributed by atoms with E-state index in [0.717, 1.165) is 25.7 Å². The molecule has 0 aromatic rings. The first-order valence-electron chi connectivity index (χ1n) is 9.48. The van der Waals surface area contributed by atoms with Gasteiger partial charge < -0.3 is 14.9 Å². The first kappa shape index (κ1) is 21.1. The molecule has 1 rings (SSSR count). The average Bonchev–Trinajstić information content (AvgIpc) is 2.91. The van der Waals surface area contributed by atoms with E-state index < -0.39 is 11.8 Å². The number of carbonyl (C=O) groups excluding carboxylic acids is 1. The molecule has 0 aromatic carbocycles. The van der Waals surface area contributed by atoms with Crippen LogP contribution in [0.3, 0.4) is 0 Å². The minimum atomic E-state index is -2.10. The molecule has 0 heterocycles. The number of aliphatic hydroxyl groups is 1. The number of ketones is 1. The molecule has 24 heavy (non-hydrogen) atoms. The number of aliphatic carboxylic acids is 1. The van der Waals surface area contributed by atoms with Crippen LogP contribution in [0.5, 0.6) is 0 Å². The molecule has 0 amide bonds. The van der Waals surface area contributed by atoms with Crippen molar-refractivity contribution >= 4 is 11.8 Å². The molecule has 1 aliphatic carbocycles. The molecule has 0 aromatic heterocycles. The van der Waals surface area contributed by atoms with E-state index >= 15 is 0 Å². The van der Waals surface area contributed by atoms with Crippen molar-refractivity contribution in [2.45, 2.75) is 89.8 Å². The van der Waals surface area contributed by atoms with E-state index in [0.29, 0.717) is 24.5 Å². The summed E-state index contributed by atoms with van der Waals surface area (Å²) in [5.74, 6) is -2.45. The molecule has 2 N–H and O–H groups in total. The molecular weight excluding hydrogens is 308 g/mol. The Kier molecular flexibility index (Phi) is 9.52. The fourth-order valence-electron chi connectivity index (χ4n) is 3.75. The fraction of sp³-hybridized carbons (Fsp3) is 0.895. The molecule has 0 radical (unpaired) electrons. The van der Waals surface area contributed by atoms with E-state index in [4.69, 9.17) is 5.11 Å². The van der Waals surface area contributed by atoms with Crippen LogP contribution < -0.4 is 0 Å². The van der Waals surface area contributed by atoms with Crippen LogP contribution in [-0.2, 0) is 14.3 Å². The van der Waals surface area contributed by atoms with Crippen molar-refractivity contribution < 1.29 is 24.5 Å². The van der Waals surface area contributed by atoms with Gasteiger partial charge in [0.05, 0.1) is 0 Å². The predicted molar refractivity (Wildman–Crippen MR) is 92.7 cm³/mol. The summed E-state index contributed by atoms with van der Waals surface area (Å²) in [7, 11) is 1.20. The van der Waals surface area contributed by atoms with Gasteiger partial charge >= 0.3 is 5.97 Å². The van der Waals surface area contributed by atoms with Crippen molar-refractivity contribution in [3.05, 3.63) is 0 Å². The number of carbonyl (C=O) groups is 2. The predicted octanol–water partition coefficient (Wildman–Crippen LogP) is 3.92. The summed E-state index contributed by atoms with van der Waals surface area (Å²) in [5.41, 5.74) is 0. The Morgan fingerprint density at radius 3 is 2.46 bits per heavy atom. The summed E-state index contributed by atoms with van der Waals surface area (Å²) in [6, 6.07) is 0. The zero-order valence-corrected chi connectivity index (χ0v) is 15.3. The van der Waals surface area contributed by atoms with Gasteiger partial charge in [0.15, 0.2) is 0 Å². The standard InChI is InChI=1S/C19H34O5/c1-3-4-5-6-7-10-15-12-13-17(20)16(15)11-8-9-14-19(23,24-2)18(21)22/h15-16,23H,3-14H2,1-2H3,(H,21,22)/t15-,16+,19?/m0/s1. The Hall–Kier alpha value is -0.940. The number of methoxy groups -OCH3 is 1. The first-order valence-corrected chi connectivity index (χ1v) is 9.48. The molecule has 0 saturated heterocycles. The van der Waals surface area contributed by atoms with Crippen LogP contribution in [0.4, 0.5) is 0 Å². The zero-order chi connectivity index (χ0) is 18.0. The van der Waals surface area contributed by atoms with Crippen LogP contribution in [0.1, 0.15) is 84.0 Å². The second-order valence-corrected chi connectivity index (χ2v) is 7.11. The minimum Gasteiger partial charge on any atom is -0.477 e. The highest BCUT2D eigenvalue weighted by Crippen LogP contribution is 2.36. The van der Waals surface area contributed by atoms with Crippen LogP contribution in [0.15, 0.2) is 0 Å². The molecule has 1 fully saturated rings. The van der Waals surface area contributed by atoms with E-state index in [-0.39, 0.29) is 12.3 Å². The van der Waals surface area contributed by atoms with Crippen molar-refractivity contribution in [2.75, 3.05) is 7.11 Å². The second-order valence-electron chi connectivity index (χ2n) is 7.11. The number of rotatable bonds is 13. The minimum absolute atomic E-state index is 0.0570. The van der Waals surface area contributed by atoms with Gasteiger partial charge in [-0.1, -0.05) is 45.4 Å². The Morgan fingerprint density at radius 2 is 1.83 bits per heavy atom. The summed E-state index contributed by atoms with van der Waals surface area (Å²) in [6.45, 7) is 2.21. The maximum Gasteiger partial charge on any atom is 0.364 e. The number of carboxylic acid groups (broad SMARTS) is 1. The van der Waals surface area contributed by atoms with Crippen LogP contribution in [-0.4, -0.2) is 34.9 Å². The number of Topliss-reactive ketones (excluding diaryl/α,β-unsaturated/α-hetero) is 1. The fourth-order valence-corrected chi connectivity index (χ4v) is 3.75. The third kappa shape index (κ3) is 6.52. The summed E-state index contributed by atoms with van der Waals surface area (Å²) in [4.78, 5) is 23.1. The van der Waals surface area contributed by atoms with Gasteiger partial charge in [-0.2, -0.15) is 0 Å². The smallest absolute Gasteiger partial charge is 0.364 e. The van der Waals surface area contributed by atoms with Crippen LogP contribution in [0.2, 0.25) is 0 Å². The third-order valence-corrected chi connectivity index (χ3v) is 5.38. The number of hydrogen-bond donors (Lipinski definition) is 2. The lowest BCUT2D eigenvalue weighted by Crippen LogP contribution is -2.40. The van der Waals surface area contributed by atoms with Crippen molar-refractivity contribution in [3.8, 4) is 0 Å². The third-order valence-electron chi connectivity index (χ3n) is 5.38. The molecule has 5 nitrogen and oxygen atoms in total. The lowest BCUT2D eigenvalue weighted by atomic mass is 9.86. The first-order chi connectivity index (χ1) is 11.4. The van der Waals surface area contributed by atoms with Crippen LogP contribution >= 0.6 is 0 Å². The van der Waals surface area contributed by atoms with E-state index in [9.17, 15) is 14.7 Å². The van der Waals surface area contributed by atoms with Gasteiger partial charge in [0.1, 0.15) is 5.78 Å². The lowest BCUT2D eigenvalue weighted by molar-refractivity contribution is -0.216. The van der Waals surface area contributed by atoms with Crippen molar-refractivity contribution in [1.82, 2.24) is 0 Å². The topological polar surface area (TPSA) is 83.8 Å². The Labute approximate surface area is 145 Å². The molecule has 1 saturated carbocycles. The molecule has 0 bridgehead atoms. The summed E-state index contributed by atoms with van der Waals surface area (Å²) < 4.78 is 4.69. The number of carboxylic acids is 1. The highest BCUT2D eigenvalue weighted by molar-refractivity contribution is 5.83. The largest absolute Gasteiger partial charge is 0.477 e. The number of hydrogen-bond acceptors (Lipinski definition) is 4. The van der Waals surface area contributed by atoms with Gasteiger partial charge in [-0.15, -0.1) is 0 Å². The summed E-state index contributed by atoms with van der Waals surface area (Å²) in [6.07, 6.45) is 11.3. The molecule has 5 heteroatoms. The normalized spacial score (nSPS) is 23.4. The van der Waals surface area contributed by atoms with Gasteiger partial charge in [0.2, 0.25) is 0 Å². The van der Waals surface area contributed by atoms with Gasteiger partial charge in [0.25, 0.3) is 5.79 Å². The SMILES string of the molecule is CCCCCCC[C@H]1CCC(=O)[C@@H]1CCCCC(O)(OC)C(=O)O. The van der Waals surface area contributed by atoms with E-state index in [1.807, 2.05) is 0 Å². The Bertz CT molecular complexity index is 395. The quantitative estimate of drug-likeness (QED) is 0.391. The molecule has 0 aliphatic heterocycles. The Morgan fingerprint density at radius 1 is 1.17 bits per heavy atom. The van der Waals surface area contributed by atoms with Gasteiger partial charge in [0, 0.05) is 25.9 Å². The maximum absolute atomic E-state index is 12.1. The summed E-state index contributed by atoms with van der Waals surface area (Å²) >= 11 is 0. The van der Waals surface area contributed by atoms with E-state index in [1.54, 1.807) is 0 Å². The second kappa shape index (κ2) is 10.8. The maximum atomic E-state index is 12.1. The van der Waals surface area contributed by atoms with Crippen molar-refractivity contribution in [1.29, 1.82) is 0 Å². The highest BCUT2D eigenvalue weighted by Gasteiger charge is 2.36.